The standard InChI is InChI=1S/C21H21N3O3/c25-20(23-10-8-21(9-11-23)26-12-13-27-21)16-6-7-19-18(14-16)22-15-24(19)17-4-2-1-3-5-17/h1-7,14-15H,8-13H2. The quantitative estimate of drug-likeness (QED) is 0.702. The Morgan fingerprint density at radius 2 is 1.74 bits per heavy atom. The maximum atomic E-state index is 12.9. The maximum absolute atomic E-state index is 12.9. The molecule has 6 heteroatoms. The number of ether oxygens (including phenoxy) is 2. The summed E-state index contributed by atoms with van der Waals surface area (Å²) < 4.78 is 13.5. The normalized spacial score (nSPS) is 19.0. The molecule has 0 atom stereocenters. The average Bonchev–Trinajstić information content (AvgIpc) is 3.35. The van der Waals surface area contributed by atoms with E-state index in [1.807, 2.05) is 58.0 Å². The highest BCUT2D eigenvalue weighted by Gasteiger charge is 2.40. The molecule has 27 heavy (non-hydrogen) atoms. The van der Waals surface area contributed by atoms with Gasteiger partial charge in [-0.1, -0.05) is 18.2 Å². The second-order valence-corrected chi connectivity index (χ2v) is 7.05. The number of rotatable bonds is 2. The first-order valence-corrected chi connectivity index (χ1v) is 9.34. The minimum absolute atomic E-state index is 0.0407. The third-order valence-electron chi connectivity index (χ3n) is 5.45. The van der Waals surface area contributed by atoms with Gasteiger partial charge < -0.3 is 14.4 Å². The van der Waals surface area contributed by atoms with Gasteiger partial charge in [0.15, 0.2) is 5.79 Å². The first-order chi connectivity index (χ1) is 13.2. The number of imidazole rings is 1. The molecule has 2 saturated heterocycles. The lowest BCUT2D eigenvalue weighted by molar-refractivity contribution is -0.181. The number of carbonyl (C=O) groups is 1. The molecular formula is C21H21N3O3. The number of benzene rings is 2. The van der Waals surface area contributed by atoms with E-state index in [4.69, 9.17) is 9.47 Å². The fourth-order valence-electron chi connectivity index (χ4n) is 3.96. The zero-order chi connectivity index (χ0) is 18.3. The molecule has 5 rings (SSSR count). The van der Waals surface area contributed by atoms with Crippen LogP contribution in [-0.4, -0.2) is 52.4 Å². The molecule has 0 aliphatic carbocycles. The van der Waals surface area contributed by atoms with E-state index in [0.29, 0.717) is 31.9 Å². The summed E-state index contributed by atoms with van der Waals surface area (Å²) in [4.78, 5) is 19.3. The summed E-state index contributed by atoms with van der Waals surface area (Å²) in [6, 6.07) is 15.8. The van der Waals surface area contributed by atoms with Crippen molar-refractivity contribution in [3.63, 3.8) is 0 Å². The van der Waals surface area contributed by atoms with Crippen LogP contribution in [0.5, 0.6) is 0 Å². The summed E-state index contributed by atoms with van der Waals surface area (Å²) in [5, 5.41) is 0. The Bertz CT molecular complexity index is 967. The van der Waals surface area contributed by atoms with Gasteiger partial charge in [0.2, 0.25) is 0 Å². The molecule has 2 aromatic carbocycles. The van der Waals surface area contributed by atoms with Gasteiger partial charge in [-0.25, -0.2) is 4.98 Å². The van der Waals surface area contributed by atoms with E-state index in [9.17, 15) is 4.79 Å². The number of amides is 1. The van der Waals surface area contributed by atoms with Crippen molar-refractivity contribution in [3.8, 4) is 5.69 Å². The van der Waals surface area contributed by atoms with E-state index < -0.39 is 5.79 Å². The number of piperidine rings is 1. The molecule has 2 aliphatic heterocycles. The molecule has 2 fully saturated rings. The van der Waals surface area contributed by atoms with E-state index in [1.54, 1.807) is 6.33 Å². The van der Waals surface area contributed by atoms with Crippen molar-refractivity contribution in [3.05, 3.63) is 60.4 Å². The third-order valence-corrected chi connectivity index (χ3v) is 5.45. The fraction of sp³-hybridized carbons (Fsp3) is 0.333. The van der Waals surface area contributed by atoms with Crippen LogP contribution >= 0.6 is 0 Å². The van der Waals surface area contributed by atoms with Crippen molar-refractivity contribution in [2.75, 3.05) is 26.3 Å². The zero-order valence-corrected chi connectivity index (χ0v) is 15.0. The van der Waals surface area contributed by atoms with Crippen LogP contribution in [0, 0.1) is 0 Å². The van der Waals surface area contributed by atoms with Crippen LogP contribution < -0.4 is 0 Å². The number of carbonyl (C=O) groups excluding carboxylic acids is 1. The predicted octanol–water partition coefficient (Wildman–Crippen LogP) is 3.00. The molecule has 0 bridgehead atoms. The zero-order valence-electron chi connectivity index (χ0n) is 15.0. The highest BCUT2D eigenvalue weighted by molar-refractivity contribution is 5.97. The minimum atomic E-state index is -0.463. The lowest BCUT2D eigenvalue weighted by Crippen LogP contribution is -2.47. The largest absolute Gasteiger partial charge is 0.347 e. The first kappa shape index (κ1) is 16.5. The highest BCUT2D eigenvalue weighted by Crippen LogP contribution is 2.32. The molecule has 1 amide bonds. The monoisotopic (exact) mass is 363 g/mol. The van der Waals surface area contributed by atoms with Gasteiger partial charge in [-0.3, -0.25) is 9.36 Å². The average molecular weight is 363 g/mol. The van der Waals surface area contributed by atoms with Gasteiger partial charge in [-0.15, -0.1) is 0 Å². The molecule has 2 aliphatic rings. The number of nitrogens with zero attached hydrogens (tertiary/aromatic N) is 3. The van der Waals surface area contributed by atoms with Gasteiger partial charge in [-0.05, 0) is 30.3 Å². The number of likely N-dealkylation sites (tertiary alicyclic amines) is 1. The second kappa shape index (κ2) is 6.48. The topological polar surface area (TPSA) is 56.6 Å². The van der Waals surface area contributed by atoms with Gasteiger partial charge in [0, 0.05) is 37.2 Å². The van der Waals surface area contributed by atoms with Crippen LogP contribution in [0.15, 0.2) is 54.9 Å². The van der Waals surface area contributed by atoms with Gasteiger partial charge in [0.25, 0.3) is 5.91 Å². The van der Waals surface area contributed by atoms with E-state index in [-0.39, 0.29) is 5.91 Å². The lowest BCUT2D eigenvalue weighted by Gasteiger charge is -2.37. The minimum Gasteiger partial charge on any atom is -0.347 e. The molecule has 6 nitrogen and oxygen atoms in total. The van der Waals surface area contributed by atoms with Crippen LogP contribution in [-0.2, 0) is 9.47 Å². The summed E-state index contributed by atoms with van der Waals surface area (Å²) in [6.45, 7) is 2.59. The summed E-state index contributed by atoms with van der Waals surface area (Å²) in [5.74, 6) is -0.422. The number of aromatic nitrogens is 2. The smallest absolute Gasteiger partial charge is 0.253 e. The van der Waals surface area contributed by atoms with Crippen LogP contribution in [0.2, 0.25) is 0 Å². The number of para-hydroxylation sites is 1. The number of fused-ring (bicyclic) bond motifs is 1. The first-order valence-electron chi connectivity index (χ1n) is 9.34. The Balaban J connectivity index is 1.37. The Kier molecular flexibility index (Phi) is 3.95. The number of hydrogen-bond acceptors (Lipinski definition) is 4. The Morgan fingerprint density at radius 1 is 1.00 bits per heavy atom. The van der Waals surface area contributed by atoms with E-state index in [2.05, 4.69) is 4.98 Å². The number of hydrogen-bond donors (Lipinski definition) is 0. The summed E-state index contributed by atoms with van der Waals surface area (Å²) >= 11 is 0. The van der Waals surface area contributed by atoms with Crippen molar-refractivity contribution in [1.82, 2.24) is 14.5 Å². The van der Waals surface area contributed by atoms with Crippen LogP contribution in [0.4, 0.5) is 0 Å². The molecule has 1 aromatic heterocycles. The van der Waals surface area contributed by atoms with Crippen molar-refractivity contribution in [2.24, 2.45) is 0 Å². The second-order valence-electron chi connectivity index (χ2n) is 7.05. The molecule has 3 aromatic rings. The van der Waals surface area contributed by atoms with Gasteiger partial charge >= 0.3 is 0 Å². The maximum Gasteiger partial charge on any atom is 0.253 e. The third kappa shape index (κ3) is 2.91. The van der Waals surface area contributed by atoms with Gasteiger partial charge in [-0.2, -0.15) is 0 Å². The van der Waals surface area contributed by atoms with Crippen molar-refractivity contribution >= 4 is 16.9 Å². The van der Waals surface area contributed by atoms with Crippen molar-refractivity contribution < 1.29 is 14.3 Å². The van der Waals surface area contributed by atoms with Gasteiger partial charge in [0.05, 0.1) is 24.2 Å². The van der Waals surface area contributed by atoms with Gasteiger partial charge in [0.1, 0.15) is 6.33 Å². The predicted molar refractivity (Wildman–Crippen MR) is 101 cm³/mol. The summed E-state index contributed by atoms with van der Waals surface area (Å²) in [7, 11) is 0. The molecule has 0 N–H and O–H groups in total. The molecule has 0 radical (unpaired) electrons. The molecule has 0 saturated carbocycles. The van der Waals surface area contributed by atoms with Crippen molar-refractivity contribution in [1.29, 1.82) is 0 Å². The Labute approximate surface area is 157 Å². The lowest BCUT2D eigenvalue weighted by atomic mass is 10.0. The van der Waals surface area contributed by atoms with E-state index in [1.165, 1.54) is 0 Å². The SMILES string of the molecule is O=C(c1ccc2c(c1)ncn2-c1ccccc1)N1CCC2(CC1)OCCO2. The summed E-state index contributed by atoms with van der Waals surface area (Å²) in [5.41, 5.74) is 3.53. The van der Waals surface area contributed by atoms with Crippen LogP contribution in [0.3, 0.4) is 0 Å². The van der Waals surface area contributed by atoms with Crippen LogP contribution in [0.1, 0.15) is 23.2 Å². The fourth-order valence-corrected chi connectivity index (χ4v) is 3.96. The van der Waals surface area contributed by atoms with Crippen molar-refractivity contribution in [2.45, 2.75) is 18.6 Å². The summed E-state index contributed by atoms with van der Waals surface area (Å²) in [6.07, 6.45) is 3.25. The van der Waals surface area contributed by atoms with E-state index in [0.717, 1.165) is 29.6 Å². The molecule has 1 spiro atoms. The molecule has 3 heterocycles. The molecule has 0 unspecified atom stereocenters. The van der Waals surface area contributed by atoms with Crippen LogP contribution in [0.25, 0.3) is 16.7 Å². The molecule has 138 valence electrons. The Hall–Kier alpha value is -2.70. The Morgan fingerprint density at radius 3 is 2.48 bits per heavy atom. The highest BCUT2D eigenvalue weighted by atomic mass is 16.7. The molecular weight excluding hydrogens is 342 g/mol. The van der Waals surface area contributed by atoms with E-state index >= 15 is 0 Å².